The molecule has 0 aliphatic heterocycles. The van der Waals surface area contributed by atoms with E-state index in [1.807, 2.05) is 18.2 Å². The van der Waals surface area contributed by atoms with E-state index in [9.17, 15) is 4.79 Å². The van der Waals surface area contributed by atoms with Gasteiger partial charge in [0.2, 0.25) is 0 Å². The van der Waals surface area contributed by atoms with Crippen LogP contribution in [0.15, 0.2) is 42.5 Å². The number of carbonyl (C=O) groups excluding carboxylic acids is 1. The van der Waals surface area contributed by atoms with Gasteiger partial charge in [0.1, 0.15) is 0 Å². The zero-order chi connectivity index (χ0) is 15.9. The highest BCUT2D eigenvalue weighted by atomic mass is 35.5. The van der Waals surface area contributed by atoms with E-state index >= 15 is 0 Å². The van der Waals surface area contributed by atoms with Gasteiger partial charge in [-0.2, -0.15) is 0 Å². The van der Waals surface area contributed by atoms with Crippen LogP contribution in [-0.2, 0) is 0 Å². The van der Waals surface area contributed by atoms with Crippen LogP contribution in [-0.4, -0.2) is 5.78 Å². The highest BCUT2D eigenvalue weighted by Crippen LogP contribution is 2.40. The monoisotopic (exact) mass is 328 g/mol. The Kier molecular flexibility index (Phi) is 4.07. The molecule has 2 aromatic carbocycles. The predicted octanol–water partition coefficient (Wildman–Crippen LogP) is 6.55. The number of halogens is 1. The summed E-state index contributed by atoms with van der Waals surface area (Å²) in [6, 6.07) is 14.2. The quantitative estimate of drug-likeness (QED) is 0.498. The average molecular weight is 329 g/mol. The Labute approximate surface area is 139 Å². The summed E-state index contributed by atoms with van der Waals surface area (Å²) in [5.41, 5.74) is 2.86. The van der Waals surface area contributed by atoms with Crippen LogP contribution < -0.4 is 0 Å². The molecule has 22 heavy (non-hydrogen) atoms. The van der Waals surface area contributed by atoms with Gasteiger partial charge in [0.05, 0.1) is 0 Å². The highest BCUT2D eigenvalue weighted by molar-refractivity contribution is 7.22. The van der Waals surface area contributed by atoms with Gasteiger partial charge in [-0.1, -0.05) is 49.7 Å². The summed E-state index contributed by atoms with van der Waals surface area (Å²) in [5.74, 6) is 0.540. The molecule has 0 spiro atoms. The molecule has 3 heteroatoms. The van der Waals surface area contributed by atoms with E-state index < -0.39 is 0 Å². The number of rotatable bonds is 3. The van der Waals surface area contributed by atoms with Crippen molar-refractivity contribution in [3.05, 3.63) is 58.6 Å². The SMILES string of the molecule is CC(=O)c1cccc(Cl)c1-c1cc2cc(C(C)C)ccc2s1. The minimum atomic E-state index is 0.0397. The molecule has 112 valence electrons. The zero-order valence-corrected chi connectivity index (χ0v) is 14.4. The van der Waals surface area contributed by atoms with Crippen LogP contribution in [0.2, 0.25) is 5.02 Å². The Morgan fingerprint density at radius 1 is 1.14 bits per heavy atom. The lowest BCUT2D eigenvalue weighted by Crippen LogP contribution is -1.95. The van der Waals surface area contributed by atoms with E-state index in [0.29, 0.717) is 16.5 Å². The normalized spacial score (nSPS) is 11.3. The zero-order valence-electron chi connectivity index (χ0n) is 12.8. The van der Waals surface area contributed by atoms with Crippen LogP contribution in [0.25, 0.3) is 20.5 Å². The van der Waals surface area contributed by atoms with Crippen molar-refractivity contribution in [2.75, 3.05) is 0 Å². The smallest absolute Gasteiger partial charge is 0.160 e. The third kappa shape index (κ3) is 2.69. The van der Waals surface area contributed by atoms with Gasteiger partial charge >= 0.3 is 0 Å². The summed E-state index contributed by atoms with van der Waals surface area (Å²) in [5, 5.41) is 1.84. The molecule has 0 N–H and O–H groups in total. The number of benzene rings is 2. The number of Topliss-reactive ketones (excluding diaryl/α,β-unsaturated/α-hetero) is 1. The average Bonchev–Trinajstić information content (AvgIpc) is 2.88. The molecule has 0 fully saturated rings. The molecule has 0 saturated carbocycles. The molecule has 1 heterocycles. The van der Waals surface area contributed by atoms with E-state index in [2.05, 4.69) is 38.1 Å². The van der Waals surface area contributed by atoms with Gasteiger partial charge in [-0.05, 0) is 42.0 Å². The minimum absolute atomic E-state index is 0.0397. The van der Waals surface area contributed by atoms with Gasteiger partial charge in [-0.3, -0.25) is 4.79 Å². The van der Waals surface area contributed by atoms with E-state index in [1.165, 1.54) is 15.6 Å². The maximum atomic E-state index is 11.9. The van der Waals surface area contributed by atoms with Crippen LogP contribution in [0.5, 0.6) is 0 Å². The Balaban J connectivity index is 2.21. The molecule has 0 aliphatic rings. The molecule has 1 aromatic heterocycles. The summed E-state index contributed by atoms with van der Waals surface area (Å²) in [6.45, 7) is 5.96. The first-order valence-electron chi connectivity index (χ1n) is 7.30. The summed E-state index contributed by atoms with van der Waals surface area (Å²) >= 11 is 8.05. The Morgan fingerprint density at radius 2 is 1.91 bits per heavy atom. The summed E-state index contributed by atoms with van der Waals surface area (Å²) < 4.78 is 1.22. The van der Waals surface area contributed by atoms with Gasteiger partial charge in [0, 0.05) is 25.7 Å². The molecule has 3 rings (SSSR count). The topological polar surface area (TPSA) is 17.1 Å². The molecular weight excluding hydrogens is 312 g/mol. The van der Waals surface area contributed by atoms with E-state index in [4.69, 9.17) is 11.6 Å². The van der Waals surface area contributed by atoms with Crippen LogP contribution in [0.4, 0.5) is 0 Å². The van der Waals surface area contributed by atoms with Crippen molar-refractivity contribution in [2.24, 2.45) is 0 Å². The van der Waals surface area contributed by atoms with Crippen LogP contribution in [0, 0.1) is 0 Å². The van der Waals surface area contributed by atoms with E-state index in [0.717, 1.165) is 10.4 Å². The number of thiophene rings is 1. The first kappa shape index (κ1) is 15.3. The van der Waals surface area contributed by atoms with Gasteiger partial charge in [-0.15, -0.1) is 11.3 Å². The molecule has 0 amide bonds. The molecule has 0 saturated heterocycles. The summed E-state index contributed by atoms with van der Waals surface area (Å²) in [4.78, 5) is 12.9. The first-order chi connectivity index (χ1) is 10.5. The van der Waals surface area contributed by atoms with Gasteiger partial charge in [0.15, 0.2) is 5.78 Å². The molecule has 0 radical (unpaired) electrons. The molecule has 1 nitrogen and oxygen atoms in total. The van der Waals surface area contributed by atoms with Crippen LogP contribution >= 0.6 is 22.9 Å². The Bertz CT molecular complexity index is 861. The fraction of sp³-hybridized carbons (Fsp3) is 0.211. The predicted molar refractivity (Wildman–Crippen MR) is 96.4 cm³/mol. The minimum Gasteiger partial charge on any atom is -0.294 e. The molecule has 0 bridgehead atoms. The van der Waals surface area contributed by atoms with E-state index in [-0.39, 0.29) is 5.78 Å². The second kappa shape index (κ2) is 5.86. The standard InChI is InChI=1S/C19H17ClOS/c1-11(2)13-7-8-17-14(9-13)10-18(22-17)19-15(12(3)21)5-4-6-16(19)20/h4-11H,1-3H3. The maximum Gasteiger partial charge on any atom is 0.160 e. The fourth-order valence-electron chi connectivity index (χ4n) is 2.61. The van der Waals surface area contributed by atoms with E-state index in [1.54, 1.807) is 18.3 Å². The molecule has 0 atom stereocenters. The summed E-state index contributed by atoms with van der Waals surface area (Å²) in [6.07, 6.45) is 0. The number of hydrogen-bond acceptors (Lipinski definition) is 2. The number of fused-ring (bicyclic) bond motifs is 1. The van der Waals surface area contributed by atoms with Gasteiger partial charge in [0.25, 0.3) is 0 Å². The third-order valence-electron chi connectivity index (χ3n) is 3.85. The van der Waals surface area contributed by atoms with Crippen molar-refractivity contribution in [3.8, 4) is 10.4 Å². The highest BCUT2D eigenvalue weighted by Gasteiger charge is 2.15. The molecule has 0 unspecified atom stereocenters. The van der Waals surface area contributed by atoms with Crippen molar-refractivity contribution in [3.63, 3.8) is 0 Å². The lowest BCUT2D eigenvalue weighted by atomic mass is 10.0. The van der Waals surface area contributed by atoms with Crippen LogP contribution in [0.1, 0.15) is 42.6 Å². The molecule has 3 aromatic rings. The Morgan fingerprint density at radius 3 is 2.59 bits per heavy atom. The largest absolute Gasteiger partial charge is 0.294 e. The van der Waals surface area contributed by atoms with Crippen molar-refractivity contribution in [2.45, 2.75) is 26.7 Å². The van der Waals surface area contributed by atoms with Crippen molar-refractivity contribution < 1.29 is 4.79 Å². The lowest BCUT2D eigenvalue weighted by molar-refractivity contribution is 0.101. The number of carbonyl (C=O) groups is 1. The van der Waals surface area contributed by atoms with Crippen molar-refractivity contribution in [1.29, 1.82) is 0 Å². The first-order valence-corrected chi connectivity index (χ1v) is 8.50. The fourth-order valence-corrected chi connectivity index (χ4v) is 4.06. The maximum absolute atomic E-state index is 11.9. The van der Waals surface area contributed by atoms with Crippen LogP contribution in [0.3, 0.4) is 0 Å². The number of hydrogen-bond donors (Lipinski definition) is 0. The second-order valence-electron chi connectivity index (χ2n) is 5.78. The number of ketones is 1. The summed E-state index contributed by atoms with van der Waals surface area (Å²) in [7, 11) is 0. The van der Waals surface area contributed by atoms with Crippen molar-refractivity contribution in [1.82, 2.24) is 0 Å². The van der Waals surface area contributed by atoms with Gasteiger partial charge < -0.3 is 0 Å². The Hall–Kier alpha value is -1.64. The van der Waals surface area contributed by atoms with Crippen molar-refractivity contribution >= 4 is 38.8 Å². The third-order valence-corrected chi connectivity index (χ3v) is 5.29. The molecule has 0 aliphatic carbocycles. The van der Waals surface area contributed by atoms with Gasteiger partial charge in [-0.25, -0.2) is 0 Å². The lowest BCUT2D eigenvalue weighted by Gasteiger charge is -2.06. The molecular formula is C19H17ClOS. The second-order valence-corrected chi connectivity index (χ2v) is 7.27.